The van der Waals surface area contributed by atoms with Gasteiger partial charge in [-0.3, -0.25) is 0 Å². The zero-order chi connectivity index (χ0) is 13.8. The molecule has 0 aliphatic carbocycles. The first-order valence-corrected chi connectivity index (χ1v) is 6.06. The first-order valence-electron chi connectivity index (χ1n) is 5.68. The highest BCUT2D eigenvalue weighted by Crippen LogP contribution is 2.22. The molecule has 19 heavy (non-hydrogen) atoms. The number of hydrogen-bond acceptors (Lipinski definition) is 4. The van der Waals surface area contributed by atoms with Crippen molar-refractivity contribution in [3.63, 3.8) is 0 Å². The van der Waals surface area contributed by atoms with Gasteiger partial charge in [-0.2, -0.15) is 4.98 Å². The van der Waals surface area contributed by atoms with Crippen LogP contribution in [-0.4, -0.2) is 17.1 Å². The molecule has 0 spiro atoms. The predicted molar refractivity (Wildman–Crippen MR) is 72.0 cm³/mol. The van der Waals surface area contributed by atoms with Gasteiger partial charge in [0.1, 0.15) is 5.75 Å². The fourth-order valence-electron chi connectivity index (χ4n) is 1.63. The normalized spacial score (nSPS) is 12.0. The van der Waals surface area contributed by atoms with E-state index >= 15 is 0 Å². The Bertz CT molecular complexity index is 562. The number of benzene rings is 1. The molecule has 0 unspecified atom stereocenters. The van der Waals surface area contributed by atoms with Crippen molar-refractivity contribution in [2.75, 3.05) is 12.4 Å². The maximum Gasteiger partial charge on any atom is 0.224 e. The summed E-state index contributed by atoms with van der Waals surface area (Å²) in [6.07, 6.45) is 1.04. The number of methoxy groups -OCH3 is 1. The van der Waals surface area contributed by atoms with Crippen molar-refractivity contribution in [2.24, 2.45) is 0 Å². The SMILES string of the molecule is COc1ccc([C@@H](C)Nc2nc(Cl)ncc2F)cc1. The van der Waals surface area contributed by atoms with E-state index in [0.29, 0.717) is 0 Å². The average molecular weight is 282 g/mol. The van der Waals surface area contributed by atoms with Gasteiger partial charge in [-0.25, -0.2) is 9.37 Å². The summed E-state index contributed by atoms with van der Waals surface area (Å²) >= 11 is 5.64. The van der Waals surface area contributed by atoms with E-state index in [2.05, 4.69) is 15.3 Å². The van der Waals surface area contributed by atoms with Crippen molar-refractivity contribution in [3.05, 3.63) is 47.1 Å². The van der Waals surface area contributed by atoms with Crippen LogP contribution in [0.4, 0.5) is 10.2 Å². The quantitative estimate of drug-likeness (QED) is 0.872. The van der Waals surface area contributed by atoms with Crippen molar-refractivity contribution in [1.82, 2.24) is 9.97 Å². The Kier molecular flexibility index (Phi) is 4.16. The number of nitrogens with one attached hydrogen (secondary N) is 1. The summed E-state index contributed by atoms with van der Waals surface area (Å²) in [5.41, 5.74) is 0.981. The van der Waals surface area contributed by atoms with E-state index in [0.717, 1.165) is 17.5 Å². The van der Waals surface area contributed by atoms with Crippen molar-refractivity contribution in [1.29, 1.82) is 0 Å². The van der Waals surface area contributed by atoms with Crippen LogP contribution in [0, 0.1) is 5.82 Å². The van der Waals surface area contributed by atoms with Gasteiger partial charge in [0.2, 0.25) is 5.28 Å². The molecule has 0 fully saturated rings. The second-order valence-corrected chi connectivity index (χ2v) is 4.31. The highest BCUT2D eigenvalue weighted by Gasteiger charge is 2.11. The van der Waals surface area contributed by atoms with Crippen LogP contribution >= 0.6 is 11.6 Å². The first-order chi connectivity index (χ1) is 9.10. The summed E-state index contributed by atoms with van der Waals surface area (Å²) in [5.74, 6) is 0.320. The number of halogens is 2. The standard InChI is InChI=1S/C13H13ClFN3O/c1-8(9-3-5-10(19-2)6-4-9)17-12-11(15)7-16-13(14)18-12/h3-8H,1-2H3,(H,16,17,18)/t8-/m1/s1. The van der Waals surface area contributed by atoms with Crippen molar-refractivity contribution in [2.45, 2.75) is 13.0 Å². The fourth-order valence-corrected chi connectivity index (χ4v) is 1.76. The lowest BCUT2D eigenvalue weighted by Gasteiger charge is -2.15. The minimum atomic E-state index is -0.537. The van der Waals surface area contributed by atoms with Crippen molar-refractivity contribution >= 4 is 17.4 Å². The highest BCUT2D eigenvalue weighted by atomic mass is 35.5. The molecule has 4 nitrogen and oxygen atoms in total. The van der Waals surface area contributed by atoms with Gasteiger partial charge in [0, 0.05) is 0 Å². The van der Waals surface area contributed by atoms with E-state index in [1.807, 2.05) is 31.2 Å². The Balaban J connectivity index is 2.15. The topological polar surface area (TPSA) is 47.0 Å². The van der Waals surface area contributed by atoms with Crippen LogP contribution in [0.1, 0.15) is 18.5 Å². The van der Waals surface area contributed by atoms with Crippen LogP contribution in [0.3, 0.4) is 0 Å². The highest BCUT2D eigenvalue weighted by molar-refractivity contribution is 6.28. The molecule has 1 aromatic heterocycles. The molecule has 1 atom stereocenters. The molecule has 0 aliphatic heterocycles. The minimum Gasteiger partial charge on any atom is -0.497 e. The van der Waals surface area contributed by atoms with Crippen LogP contribution in [-0.2, 0) is 0 Å². The van der Waals surface area contributed by atoms with Crippen molar-refractivity contribution < 1.29 is 9.13 Å². The molecule has 0 amide bonds. The van der Waals surface area contributed by atoms with Gasteiger partial charge in [0.05, 0.1) is 19.3 Å². The van der Waals surface area contributed by atoms with Crippen LogP contribution < -0.4 is 10.1 Å². The van der Waals surface area contributed by atoms with Gasteiger partial charge in [-0.05, 0) is 36.2 Å². The molecule has 0 saturated heterocycles. The van der Waals surface area contributed by atoms with Crippen LogP contribution in [0.2, 0.25) is 5.28 Å². The lowest BCUT2D eigenvalue weighted by Crippen LogP contribution is -2.10. The Morgan fingerprint density at radius 3 is 2.63 bits per heavy atom. The monoisotopic (exact) mass is 281 g/mol. The van der Waals surface area contributed by atoms with E-state index in [4.69, 9.17) is 16.3 Å². The molecule has 2 rings (SSSR count). The third-order valence-corrected chi connectivity index (χ3v) is 2.87. The number of rotatable bonds is 4. The van der Waals surface area contributed by atoms with Gasteiger partial charge in [-0.1, -0.05) is 12.1 Å². The van der Waals surface area contributed by atoms with Gasteiger partial charge in [-0.15, -0.1) is 0 Å². The fraction of sp³-hybridized carbons (Fsp3) is 0.231. The molecular formula is C13H13ClFN3O. The summed E-state index contributed by atoms with van der Waals surface area (Å²) in [6.45, 7) is 1.90. The lowest BCUT2D eigenvalue weighted by atomic mass is 10.1. The van der Waals surface area contributed by atoms with Crippen LogP contribution in [0.5, 0.6) is 5.75 Å². The maximum absolute atomic E-state index is 13.5. The lowest BCUT2D eigenvalue weighted by molar-refractivity contribution is 0.414. The first kappa shape index (κ1) is 13.5. The Morgan fingerprint density at radius 2 is 2.00 bits per heavy atom. The van der Waals surface area contributed by atoms with Crippen molar-refractivity contribution in [3.8, 4) is 5.75 Å². The number of hydrogen-bond donors (Lipinski definition) is 1. The molecule has 1 N–H and O–H groups in total. The molecule has 0 radical (unpaired) electrons. The Morgan fingerprint density at radius 1 is 1.32 bits per heavy atom. The second-order valence-electron chi connectivity index (χ2n) is 3.97. The number of anilines is 1. The van der Waals surface area contributed by atoms with E-state index in [9.17, 15) is 4.39 Å². The number of ether oxygens (including phenoxy) is 1. The largest absolute Gasteiger partial charge is 0.497 e. The number of nitrogens with zero attached hydrogens (tertiary/aromatic N) is 2. The second kappa shape index (κ2) is 5.84. The van der Waals surface area contributed by atoms with E-state index < -0.39 is 5.82 Å². The third-order valence-electron chi connectivity index (χ3n) is 2.68. The summed E-state index contributed by atoms with van der Waals surface area (Å²) in [6, 6.07) is 7.37. The van der Waals surface area contributed by atoms with E-state index in [1.165, 1.54) is 0 Å². The Labute approximate surface area is 115 Å². The predicted octanol–water partition coefficient (Wildman–Crippen LogP) is 3.45. The zero-order valence-electron chi connectivity index (χ0n) is 10.5. The summed E-state index contributed by atoms with van der Waals surface area (Å²) in [5, 5.41) is 2.96. The summed E-state index contributed by atoms with van der Waals surface area (Å²) < 4.78 is 18.6. The molecule has 2 aromatic rings. The molecule has 0 saturated carbocycles. The van der Waals surface area contributed by atoms with Gasteiger partial charge in [0.15, 0.2) is 11.6 Å². The minimum absolute atomic E-state index is 0.00540. The molecule has 6 heteroatoms. The number of aromatic nitrogens is 2. The molecule has 100 valence electrons. The maximum atomic E-state index is 13.5. The van der Waals surface area contributed by atoms with E-state index in [1.54, 1.807) is 7.11 Å². The summed E-state index contributed by atoms with van der Waals surface area (Å²) in [7, 11) is 1.61. The van der Waals surface area contributed by atoms with E-state index in [-0.39, 0.29) is 17.1 Å². The zero-order valence-corrected chi connectivity index (χ0v) is 11.3. The van der Waals surface area contributed by atoms with Gasteiger partial charge in [0.25, 0.3) is 0 Å². The van der Waals surface area contributed by atoms with Crippen LogP contribution in [0.25, 0.3) is 0 Å². The smallest absolute Gasteiger partial charge is 0.224 e. The molecule has 1 heterocycles. The molecule has 0 bridgehead atoms. The van der Waals surface area contributed by atoms with Gasteiger partial charge < -0.3 is 10.1 Å². The average Bonchev–Trinajstić information content (AvgIpc) is 2.43. The van der Waals surface area contributed by atoms with Crippen LogP contribution in [0.15, 0.2) is 30.5 Å². The summed E-state index contributed by atoms with van der Waals surface area (Å²) in [4.78, 5) is 7.38. The molecular weight excluding hydrogens is 269 g/mol. The molecule has 1 aromatic carbocycles. The Hall–Kier alpha value is -1.88. The van der Waals surface area contributed by atoms with Gasteiger partial charge >= 0.3 is 0 Å². The molecule has 0 aliphatic rings. The third kappa shape index (κ3) is 3.32.